The van der Waals surface area contributed by atoms with E-state index < -0.39 is 0 Å². The van der Waals surface area contributed by atoms with Crippen LogP contribution in [0.25, 0.3) is 0 Å². The van der Waals surface area contributed by atoms with E-state index in [1.807, 2.05) is 19.1 Å². The monoisotopic (exact) mass is 305 g/mol. The van der Waals surface area contributed by atoms with Crippen molar-refractivity contribution in [3.63, 3.8) is 0 Å². The summed E-state index contributed by atoms with van der Waals surface area (Å²) in [6.45, 7) is 1.94. The summed E-state index contributed by atoms with van der Waals surface area (Å²) in [7, 11) is 1.53. The van der Waals surface area contributed by atoms with Crippen molar-refractivity contribution in [3.05, 3.63) is 57.8 Å². The number of pyridine rings is 1. The van der Waals surface area contributed by atoms with Gasteiger partial charge in [-0.2, -0.15) is 0 Å². The number of ketones is 1. The zero-order valence-electron chi connectivity index (χ0n) is 10.1. The van der Waals surface area contributed by atoms with Crippen molar-refractivity contribution in [1.82, 2.24) is 4.98 Å². The second-order valence-corrected chi connectivity index (χ2v) is 4.61. The van der Waals surface area contributed by atoms with Gasteiger partial charge >= 0.3 is 0 Å². The molecule has 18 heavy (non-hydrogen) atoms. The van der Waals surface area contributed by atoms with Crippen molar-refractivity contribution in [3.8, 4) is 5.75 Å². The summed E-state index contributed by atoms with van der Waals surface area (Å²) >= 11 is 3.44. The molecule has 0 aliphatic rings. The number of carbonyl (C=O) groups excluding carboxylic acids is 1. The molecular formula is C14H12BrNO2. The molecule has 0 aliphatic heterocycles. The second-order valence-electron chi connectivity index (χ2n) is 3.82. The van der Waals surface area contributed by atoms with Crippen LogP contribution in [-0.4, -0.2) is 17.9 Å². The molecule has 0 amide bonds. The first-order valence-electron chi connectivity index (χ1n) is 5.44. The van der Waals surface area contributed by atoms with Gasteiger partial charge in [-0.1, -0.05) is 12.1 Å². The summed E-state index contributed by atoms with van der Waals surface area (Å²) in [6, 6.07) is 9.03. The first-order valence-corrected chi connectivity index (χ1v) is 6.23. The molecular weight excluding hydrogens is 294 g/mol. The molecule has 1 aromatic carbocycles. The molecule has 0 atom stereocenters. The smallest absolute Gasteiger partial charge is 0.216 e. The molecule has 0 spiro atoms. The van der Waals surface area contributed by atoms with E-state index in [4.69, 9.17) is 4.74 Å². The Morgan fingerprint density at radius 2 is 2.06 bits per heavy atom. The molecule has 2 aromatic rings. The van der Waals surface area contributed by atoms with Gasteiger partial charge in [0.25, 0.3) is 0 Å². The maximum Gasteiger partial charge on any atom is 0.216 e. The molecule has 0 fully saturated rings. The second kappa shape index (κ2) is 5.31. The lowest BCUT2D eigenvalue weighted by molar-refractivity contribution is 0.103. The summed E-state index contributed by atoms with van der Waals surface area (Å²) in [5.41, 5.74) is 1.93. The SMILES string of the molecule is COc1cccnc1C(=O)c1cccc(C)c1Br. The van der Waals surface area contributed by atoms with Crippen LogP contribution in [0.3, 0.4) is 0 Å². The fourth-order valence-corrected chi connectivity index (χ4v) is 2.12. The van der Waals surface area contributed by atoms with Gasteiger partial charge in [0.15, 0.2) is 5.69 Å². The van der Waals surface area contributed by atoms with Gasteiger partial charge in [-0.15, -0.1) is 0 Å². The number of halogens is 1. The van der Waals surface area contributed by atoms with Gasteiger partial charge in [0.1, 0.15) is 5.75 Å². The Kier molecular flexibility index (Phi) is 3.77. The lowest BCUT2D eigenvalue weighted by atomic mass is 10.0. The minimum absolute atomic E-state index is 0.150. The number of aromatic nitrogens is 1. The van der Waals surface area contributed by atoms with E-state index in [2.05, 4.69) is 20.9 Å². The molecule has 0 saturated heterocycles. The quantitative estimate of drug-likeness (QED) is 0.816. The standard InChI is InChI=1S/C14H12BrNO2/c1-9-5-3-6-10(12(9)15)14(17)13-11(18-2)7-4-8-16-13/h3-8H,1-2H3. The Labute approximate surface area is 114 Å². The number of methoxy groups -OCH3 is 1. The van der Waals surface area contributed by atoms with Crippen LogP contribution in [0.2, 0.25) is 0 Å². The summed E-state index contributed by atoms with van der Waals surface area (Å²) in [5.74, 6) is 0.332. The number of rotatable bonds is 3. The van der Waals surface area contributed by atoms with E-state index in [0.717, 1.165) is 10.0 Å². The number of benzene rings is 1. The average Bonchev–Trinajstić information content (AvgIpc) is 2.41. The summed E-state index contributed by atoms with van der Waals surface area (Å²) in [5, 5.41) is 0. The van der Waals surface area contributed by atoms with Crippen molar-refractivity contribution >= 4 is 21.7 Å². The van der Waals surface area contributed by atoms with E-state index in [1.54, 1.807) is 24.4 Å². The fraction of sp³-hybridized carbons (Fsp3) is 0.143. The first-order chi connectivity index (χ1) is 8.65. The Morgan fingerprint density at radius 1 is 1.28 bits per heavy atom. The molecule has 4 heteroatoms. The summed E-state index contributed by atoms with van der Waals surface area (Å²) in [4.78, 5) is 16.5. The average molecular weight is 306 g/mol. The molecule has 2 rings (SSSR count). The normalized spacial score (nSPS) is 10.2. The predicted octanol–water partition coefficient (Wildman–Crippen LogP) is 3.39. The van der Waals surface area contributed by atoms with Crippen LogP contribution in [0.15, 0.2) is 41.0 Å². The van der Waals surface area contributed by atoms with Crippen molar-refractivity contribution in [2.45, 2.75) is 6.92 Å². The largest absolute Gasteiger partial charge is 0.494 e. The van der Waals surface area contributed by atoms with Gasteiger partial charge < -0.3 is 4.74 Å². The maximum absolute atomic E-state index is 12.4. The zero-order chi connectivity index (χ0) is 13.1. The Morgan fingerprint density at radius 3 is 2.78 bits per heavy atom. The number of hydrogen-bond acceptors (Lipinski definition) is 3. The molecule has 1 heterocycles. The van der Waals surface area contributed by atoms with Crippen LogP contribution in [0.4, 0.5) is 0 Å². The van der Waals surface area contributed by atoms with Gasteiger partial charge in [0.2, 0.25) is 5.78 Å². The highest BCUT2D eigenvalue weighted by Gasteiger charge is 2.18. The van der Waals surface area contributed by atoms with E-state index in [9.17, 15) is 4.79 Å². The molecule has 0 saturated carbocycles. The topological polar surface area (TPSA) is 39.2 Å². The first kappa shape index (κ1) is 12.8. The third kappa shape index (κ3) is 2.29. The van der Waals surface area contributed by atoms with Crippen LogP contribution >= 0.6 is 15.9 Å². The van der Waals surface area contributed by atoms with Crippen molar-refractivity contribution in [2.24, 2.45) is 0 Å². The lowest BCUT2D eigenvalue weighted by Crippen LogP contribution is -2.07. The number of carbonyl (C=O) groups is 1. The Balaban J connectivity index is 2.52. The highest BCUT2D eigenvalue weighted by atomic mass is 79.9. The van der Waals surface area contributed by atoms with E-state index in [1.165, 1.54) is 7.11 Å². The van der Waals surface area contributed by atoms with Gasteiger partial charge in [0.05, 0.1) is 7.11 Å². The molecule has 0 bridgehead atoms. The molecule has 0 N–H and O–H groups in total. The van der Waals surface area contributed by atoms with Crippen molar-refractivity contribution < 1.29 is 9.53 Å². The number of ether oxygens (including phenoxy) is 1. The Hall–Kier alpha value is -1.68. The molecule has 1 aromatic heterocycles. The van der Waals surface area contributed by atoms with Crippen LogP contribution in [0.5, 0.6) is 5.75 Å². The number of nitrogens with zero attached hydrogens (tertiary/aromatic N) is 1. The number of hydrogen-bond donors (Lipinski definition) is 0. The van der Waals surface area contributed by atoms with Crippen molar-refractivity contribution in [2.75, 3.05) is 7.11 Å². The Bertz CT molecular complexity index is 596. The molecule has 92 valence electrons. The maximum atomic E-state index is 12.4. The molecule has 3 nitrogen and oxygen atoms in total. The third-order valence-electron chi connectivity index (χ3n) is 2.64. The zero-order valence-corrected chi connectivity index (χ0v) is 11.7. The van der Waals surface area contributed by atoms with Crippen LogP contribution < -0.4 is 4.74 Å². The fourth-order valence-electron chi connectivity index (χ4n) is 1.68. The van der Waals surface area contributed by atoms with E-state index >= 15 is 0 Å². The molecule has 0 unspecified atom stereocenters. The van der Waals surface area contributed by atoms with Crippen LogP contribution in [0, 0.1) is 6.92 Å². The van der Waals surface area contributed by atoms with Crippen molar-refractivity contribution in [1.29, 1.82) is 0 Å². The summed E-state index contributed by atoms with van der Waals surface area (Å²) in [6.07, 6.45) is 1.58. The highest BCUT2D eigenvalue weighted by Crippen LogP contribution is 2.26. The van der Waals surface area contributed by atoms with Crippen LogP contribution in [0.1, 0.15) is 21.6 Å². The molecule has 0 radical (unpaired) electrons. The van der Waals surface area contributed by atoms with Gasteiger partial charge in [-0.05, 0) is 46.6 Å². The third-order valence-corrected chi connectivity index (χ3v) is 3.69. The predicted molar refractivity (Wildman–Crippen MR) is 73.1 cm³/mol. The van der Waals surface area contributed by atoms with Gasteiger partial charge in [0, 0.05) is 16.2 Å². The molecule has 0 aliphatic carbocycles. The minimum Gasteiger partial charge on any atom is -0.494 e. The lowest BCUT2D eigenvalue weighted by Gasteiger charge is -2.08. The van der Waals surface area contributed by atoms with E-state index in [-0.39, 0.29) is 5.78 Å². The van der Waals surface area contributed by atoms with E-state index in [0.29, 0.717) is 17.0 Å². The number of aryl methyl sites for hydroxylation is 1. The van der Waals surface area contributed by atoms with Gasteiger partial charge in [-0.25, -0.2) is 4.98 Å². The summed E-state index contributed by atoms with van der Waals surface area (Å²) < 4.78 is 5.95. The highest BCUT2D eigenvalue weighted by molar-refractivity contribution is 9.10. The minimum atomic E-state index is -0.150. The van der Waals surface area contributed by atoms with Gasteiger partial charge in [-0.3, -0.25) is 4.79 Å². The van der Waals surface area contributed by atoms with Crippen LogP contribution in [-0.2, 0) is 0 Å².